The Bertz CT molecular complexity index is 758. The summed E-state index contributed by atoms with van der Waals surface area (Å²) >= 11 is 2.69. The van der Waals surface area contributed by atoms with Crippen LogP contribution >= 0.6 is 22.7 Å². The molecule has 0 aliphatic heterocycles. The number of carbonyl (C=O) groups is 1. The maximum atomic E-state index is 10.8. The first-order valence-electron chi connectivity index (χ1n) is 6.08. The summed E-state index contributed by atoms with van der Waals surface area (Å²) < 4.78 is 11.2. The predicted molar refractivity (Wildman–Crippen MR) is 80.2 cm³/mol. The lowest BCUT2D eigenvalue weighted by molar-refractivity contribution is 0.0702. The van der Waals surface area contributed by atoms with Gasteiger partial charge in [-0.3, -0.25) is 0 Å². The van der Waals surface area contributed by atoms with E-state index in [2.05, 4.69) is 4.98 Å². The number of hydrogen-bond acceptors (Lipinski definition) is 6. The quantitative estimate of drug-likeness (QED) is 0.767. The fraction of sp³-hybridized carbons (Fsp3) is 0.143. The molecule has 0 unspecified atom stereocenters. The number of nitrogens with zero attached hydrogens (tertiary/aromatic N) is 1. The second-order valence-electron chi connectivity index (χ2n) is 4.24. The lowest BCUT2D eigenvalue weighted by Crippen LogP contribution is -1.97. The van der Waals surface area contributed by atoms with Crippen LogP contribution < -0.4 is 4.74 Å². The van der Waals surface area contributed by atoms with E-state index in [1.54, 1.807) is 16.7 Å². The van der Waals surface area contributed by atoms with E-state index < -0.39 is 5.97 Å². The lowest BCUT2D eigenvalue weighted by atomic mass is 10.4. The number of aromatic carboxylic acids is 1. The van der Waals surface area contributed by atoms with Gasteiger partial charge in [0.25, 0.3) is 0 Å². The van der Waals surface area contributed by atoms with Crippen molar-refractivity contribution in [3.05, 3.63) is 45.3 Å². The zero-order valence-corrected chi connectivity index (χ0v) is 12.7. The highest BCUT2D eigenvalue weighted by Gasteiger charge is 2.13. The highest BCUT2D eigenvalue weighted by atomic mass is 32.1. The molecule has 21 heavy (non-hydrogen) atoms. The number of carboxylic acid groups (broad SMARTS) is 1. The molecule has 0 spiro atoms. The number of ether oxygens (including phenoxy) is 1. The molecule has 3 aromatic rings. The van der Waals surface area contributed by atoms with Gasteiger partial charge in [0, 0.05) is 11.4 Å². The minimum atomic E-state index is -0.951. The Balaban J connectivity index is 1.71. The Morgan fingerprint density at radius 3 is 3.00 bits per heavy atom. The van der Waals surface area contributed by atoms with Crippen LogP contribution in [0.4, 0.5) is 0 Å². The highest BCUT2D eigenvalue weighted by Crippen LogP contribution is 2.27. The van der Waals surface area contributed by atoms with Crippen molar-refractivity contribution in [2.75, 3.05) is 0 Å². The van der Waals surface area contributed by atoms with E-state index >= 15 is 0 Å². The zero-order chi connectivity index (χ0) is 14.8. The number of aromatic nitrogens is 1. The molecule has 0 aliphatic rings. The summed E-state index contributed by atoms with van der Waals surface area (Å²) in [5.41, 5.74) is 0.710. The molecule has 5 nitrogen and oxygen atoms in total. The number of thiophene rings is 2. The first-order chi connectivity index (χ1) is 10.1. The zero-order valence-electron chi connectivity index (χ0n) is 11.0. The molecule has 7 heteroatoms. The second kappa shape index (κ2) is 5.71. The van der Waals surface area contributed by atoms with Crippen molar-refractivity contribution in [3.63, 3.8) is 0 Å². The molecule has 0 bridgehead atoms. The summed E-state index contributed by atoms with van der Waals surface area (Å²) in [6, 6.07) is 5.38. The third kappa shape index (κ3) is 2.98. The predicted octanol–water partition coefficient (Wildman–Crippen LogP) is 4.05. The van der Waals surface area contributed by atoms with Crippen LogP contribution in [-0.4, -0.2) is 16.1 Å². The molecule has 0 fully saturated rings. The second-order valence-corrected chi connectivity index (χ2v) is 6.10. The normalized spacial score (nSPS) is 10.7. The molecule has 0 atom stereocenters. The molecule has 0 saturated heterocycles. The average Bonchev–Trinajstić information content (AvgIpc) is 3.17. The van der Waals surface area contributed by atoms with Gasteiger partial charge in [0.15, 0.2) is 0 Å². The molecule has 3 aromatic heterocycles. The summed E-state index contributed by atoms with van der Waals surface area (Å²) in [4.78, 5) is 16.4. The molecule has 0 amide bonds. The van der Waals surface area contributed by atoms with Gasteiger partial charge in [0.2, 0.25) is 5.89 Å². The number of oxazole rings is 1. The van der Waals surface area contributed by atoms with Gasteiger partial charge in [0.05, 0.1) is 4.88 Å². The van der Waals surface area contributed by atoms with Crippen molar-refractivity contribution in [1.29, 1.82) is 0 Å². The molecule has 0 aromatic carbocycles. The van der Waals surface area contributed by atoms with Crippen molar-refractivity contribution in [1.82, 2.24) is 4.98 Å². The van der Waals surface area contributed by atoms with Crippen LogP contribution in [0.5, 0.6) is 5.75 Å². The molecule has 1 N–H and O–H groups in total. The standard InChI is InChI=1S/C14H11NO4S2/c1-8-10(15-13(19-8)11-3-2-4-20-11)6-18-9-5-12(14(16)17)21-7-9/h2-5,7H,6H2,1H3,(H,16,17). The van der Waals surface area contributed by atoms with Crippen LogP contribution in [0.3, 0.4) is 0 Å². The van der Waals surface area contributed by atoms with Crippen LogP contribution in [0, 0.1) is 6.92 Å². The maximum absolute atomic E-state index is 10.8. The van der Waals surface area contributed by atoms with Crippen LogP contribution in [0.1, 0.15) is 21.1 Å². The first-order valence-corrected chi connectivity index (χ1v) is 7.84. The van der Waals surface area contributed by atoms with E-state index in [0.29, 0.717) is 23.1 Å². The molecule has 3 heterocycles. The monoisotopic (exact) mass is 321 g/mol. The average molecular weight is 321 g/mol. The number of rotatable bonds is 5. The van der Waals surface area contributed by atoms with Crippen LogP contribution in [0.15, 0.2) is 33.4 Å². The van der Waals surface area contributed by atoms with E-state index in [-0.39, 0.29) is 11.5 Å². The number of hydrogen-bond donors (Lipinski definition) is 1. The maximum Gasteiger partial charge on any atom is 0.346 e. The summed E-state index contributed by atoms with van der Waals surface area (Å²) in [5.74, 6) is 0.856. The first kappa shape index (κ1) is 13.8. The summed E-state index contributed by atoms with van der Waals surface area (Å²) in [5, 5.41) is 12.5. The van der Waals surface area contributed by atoms with E-state index in [9.17, 15) is 4.79 Å². The molecule has 0 aliphatic carbocycles. The molecule has 0 radical (unpaired) electrons. The molecule has 3 rings (SSSR count). The van der Waals surface area contributed by atoms with E-state index in [1.165, 1.54) is 6.07 Å². The fourth-order valence-electron chi connectivity index (χ4n) is 1.73. The van der Waals surface area contributed by atoms with Crippen molar-refractivity contribution in [3.8, 4) is 16.5 Å². The summed E-state index contributed by atoms with van der Waals surface area (Å²) in [7, 11) is 0. The molecular formula is C14H11NO4S2. The third-order valence-corrected chi connectivity index (χ3v) is 4.54. The fourth-order valence-corrected chi connectivity index (χ4v) is 3.04. The van der Waals surface area contributed by atoms with Crippen molar-refractivity contribution in [2.24, 2.45) is 0 Å². The van der Waals surface area contributed by atoms with E-state index in [0.717, 1.165) is 16.2 Å². The Morgan fingerprint density at radius 2 is 2.33 bits per heavy atom. The van der Waals surface area contributed by atoms with Gasteiger partial charge >= 0.3 is 5.97 Å². The Labute approximate surface area is 128 Å². The topological polar surface area (TPSA) is 72.6 Å². The van der Waals surface area contributed by atoms with Gasteiger partial charge in [-0.1, -0.05) is 6.07 Å². The Hall–Kier alpha value is -2.12. The minimum Gasteiger partial charge on any atom is -0.486 e. The van der Waals surface area contributed by atoms with Crippen LogP contribution in [-0.2, 0) is 6.61 Å². The molecule has 108 valence electrons. The third-order valence-electron chi connectivity index (χ3n) is 2.79. The van der Waals surface area contributed by atoms with Gasteiger partial charge in [-0.2, -0.15) is 0 Å². The van der Waals surface area contributed by atoms with Gasteiger partial charge in [0.1, 0.15) is 28.7 Å². The number of carboxylic acids is 1. The number of aryl methyl sites for hydroxylation is 1. The Morgan fingerprint density at radius 1 is 1.48 bits per heavy atom. The van der Waals surface area contributed by atoms with Crippen molar-refractivity contribution in [2.45, 2.75) is 13.5 Å². The van der Waals surface area contributed by atoms with E-state index in [4.69, 9.17) is 14.3 Å². The summed E-state index contributed by atoms with van der Waals surface area (Å²) in [6.07, 6.45) is 0. The Kier molecular flexibility index (Phi) is 3.76. The lowest BCUT2D eigenvalue weighted by Gasteiger charge is -2.00. The molecular weight excluding hydrogens is 310 g/mol. The van der Waals surface area contributed by atoms with Gasteiger partial charge < -0.3 is 14.3 Å². The van der Waals surface area contributed by atoms with Crippen LogP contribution in [0.2, 0.25) is 0 Å². The van der Waals surface area contributed by atoms with Crippen molar-refractivity contribution >= 4 is 28.6 Å². The van der Waals surface area contributed by atoms with Crippen molar-refractivity contribution < 1.29 is 19.1 Å². The minimum absolute atomic E-state index is 0.247. The summed E-state index contributed by atoms with van der Waals surface area (Å²) in [6.45, 7) is 2.08. The van der Waals surface area contributed by atoms with Gasteiger partial charge in [-0.05, 0) is 18.4 Å². The van der Waals surface area contributed by atoms with Gasteiger partial charge in [-0.15, -0.1) is 22.7 Å². The van der Waals surface area contributed by atoms with Crippen LogP contribution in [0.25, 0.3) is 10.8 Å². The van der Waals surface area contributed by atoms with E-state index in [1.807, 2.05) is 24.4 Å². The smallest absolute Gasteiger partial charge is 0.346 e. The highest BCUT2D eigenvalue weighted by molar-refractivity contribution is 7.13. The van der Waals surface area contributed by atoms with Gasteiger partial charge in [-0.25, -0.2) is 9.78 Å². The largest absolute Gasteiger partial charge is 0.486 e. The molecule has 0 saturated carbocycles. The SMILES string of the molecule is Cc1oc(-c2cccs2)nc1COc1csc(C(=O)O)c1.